The Morgan fingerprint density at radius 1 is 1.12 bits per heavy atom. The molecule has 0 bridgehead atoms. The number of anilines is 2. The van der Waals surface area contributed by atoms with Crippen LogP contribution in [0.5, 0.6) is 0 Å². The number of aryl methyl sites for hydroxylation is 1. The third-order valence-electron chi connectivity index (χ3n) is 4.21. The van der Waals surface area contributed by atoms with Gasteiger partial charge in [0, 0.05) is 31.4 Å². The molecule has 1 aromatic heterocycles. The third-order valence-corrected chi connectivity index (χ3v) is 4.21. The first-order chi connectivity index (χ1) is 12.6. The minimum absolute atomic E-state index is 0.0187. The van der Waals surface area contributed by atoms with E-state index in [-0.39, 0.29) is 24.8 Å². The summed E-state index contributed by atoms with van der Waals surface area (Å²) in [6.07, 6.45) is 3.72. The van der Waals surface area contributed by atoms with Gasteiger partial charge in [0.25, 0.3) is 0 Å². The fourth-order valence-electron chi connectivity index (χ4n) is 2.91. The van der Waals surface area contributed by atoms with E-state index in [9.17, 15) is 9.59 Å². The molecular weight excluding hydrogens is 334 g/mol. The summed E-state index contributed by atoms with van der Waals surface area (Å²) in [6, 6.07) is 7.79. The van der Waals surface area contributed by atoms with Gasteiger partial charge in [-0.3, -0.25) is 9.59 Å². The molecule has 138 valence electrons. The molecule has 0 spiro atoms. The average molecular weight is 357 g/mol. The number of carbonyl (C=O) groups is 2. The first-order valence-corrected chi connectivity index (χ1v) is 8.81. The van der Waals surface area contributed by atoms with Crippen LogP contribution in [0.15, 0.2) is 28.8 Å². The van der Waals surface area contributed by atoms with Crippen LogP contribution in [0.4, 0.5) is 11.4 Å². The number of nitrogens with one attached hydrogen (secondary N) is 2. The molecule has 8 heteroatoms. The summed E-state index contributed by atoms with van der Waals surface area (Å²) in [5.74, 6) is 0.0852. The lowest BCUT2D eigenvalue weighted by molar-refractivity contribution is -0.123. The fraction of sp³-hybridized carbons (Fsp3) is 0.444. The number of benzene rings is 1. The smallest absolute Gasteiger partial charge is 0.243 e. The largest absolute Gasteiger partial charge is 0.372 e. The van der Waals surface area contributed by atoms with E-state index in [1.165, 1.54) is 24.9 Å². The van der Waals surface area contributed by atoms with Gasteiger partial charge in [-0.1, -0.05) is 5.16 Å². The minimum atomic E-state index is -0.332. The highest BCUT2D eigenvalue weighted by Gasteiger charge is 2.12. The van der Waals surface area contributed by atoms with Gasteiger partial charge in [-0.2, -0.15) is 4.98 Å². The molecule has 0 unspecified atom stereocenters. The number of aromatic nitrogens is 2. The number of piperidine rings is 1. The Bertz CT molecular complexity index is 750. The summed E-state index contributed by atoms with van der Waals surface area (Å²) in [7, 11) is 0. The lowest BCUT2D eigenvalue weighted by Gasteiger charge is -2.28. The van der Waals surface area contributed by atoms with E-state index >= 15 is 0 Å². The van der Waals surface area contributed by atoms with Crippen LogP contribution in [0.2, 0.25) is 0 Å². The molecule has 2 heterocycles. The van der Waals surface area contributed by atoms with Crippen LogP contribution in [0, 0.1) is 6.92 Å². The number of rotatable bonds is 6. The number of hydrogen-bond donors (Lipinski definition) is 2. The Morgan fingerprint density at radius 2 is 1.85 bits per heavy atom. The summed E-state index contributed by atoms with van der Waals surface area (Å²) in [6.45, 7) is 3.71. The van der Waals surface area contributed by atoms with Crippen molar-refractivity contribution in [1.82, 2.24) is 15.5 Å². The molecule has 2 aromatic rings. The van der Waals surface area contributed by atoms with Gasteiger partial charge in [0.2, 0.25) is 17.7 Å². The standard InChI is InChI=1S/C18H23N5O3/c1-13-20-16(22-26-13)11-17(24)19-12-18(25)21-14-5-7-15(8-6-14)23-9-3-2-4-10-23/h5-8H,2-4,9-12H2,1H3,(H,19,24)(H,21,25). The molecule has 1 aliphatic rings. The fourth-order valence-corrected chi connectivity index (χ4v) is 2.91. The Kier molecular flexibility index (Phi) is 5.83. The van der Waals surface area contributed by atoms with Gasteiger partial charge in [0.1, 0.15) is 0 Å². The normalized spacial score (nSPS) is 14.1. The molecule has 2 amide bonds. The van der Waals surface area contributed by atoms with Crippen LogP contribution >= 0.6 is 0 Å². The van der Waals surface area contributed by atoms with E-state index in [2.05, 4.69) is 25.7 Å². The Morgan fingerprint density at radius 3 is 2.50 bits per heavy atom. The van der Waals surface area contributed by atoms with Crippen molar-refractivity contribution in [1.29, 1.82) is 0 Å². The predicted molar refractivity (Wildman–Crippen MR) is 96.9 cm³/mol. The Labute approximate surface area is 151 Å². The number of nitrogens with zero attached hydrogens (tertiary/aromatic N) is 3. The first kappa shape index (κ1) is 17.9. The van der Waals surface area contributed by atoms with Gasteiger partial charge < -0.3 is 20.1 Å². The van der Waals surface area contributed by atoms with Gasteiger partial charge in [0.05, 0.1) is 13.0 Å². The molecule has 1 saturated heterocycles. The van der Waals surface area contributed by atoms with Crippen molar-refractivity contribution in [2.24, 2.45) is 0 Å². The van der Waals surface area contributed by atoms with Gasteiger partial charge in [0.15, 0.2) is 5.82 Å². The van der Waals surface area contributed by atoms with E-state index in [1.807, 2.05) is 24.3 Å². The van der Waals surface area contributed by atoms with Crippen molar-refractivity contribution in [3.05, 3.63) is 36.0 Å². The first-order valence-electron chi connectivity index (χ1n) is 8.81. The molecule has 2 N–H and O–H groups in total. The van der Waals surface area contributed by atoms with Crippen LogP contribution < -0.4 is 15.5 Å². The highest BCUT2D eigenvalue weighted by atomic mass is 16.5. The third kappa shape index (κ3) is 5.05. The Hall–Kier alpha value is -2.90. The SMILES string of the molecule is Cc1nc(CC(=O)NCC(=O)Nc2ccc(N3CCCCC3)cc2)no1. The molecule has 0 radical (unpaired) electrons. The number of hydrogen-bond acceptors (Lipinski definition) is 6. The van der Waals surface area contributed by atoms with Crippen LogP contribution in [0.3, 0.4) is 0 Å². The lowest BCUT2D eigenvalue weighted by atomic mass is 10.1. The molecule has 8 nitrogen and oxygen atoms in total. The van der Waals surface area contributed by atoms with Gasteiger partial charge in [-0.15, -0.1) is 0 Å². The summed E-state index contributed by atoms with van der Waals surface area (Å²) >= 11 is 0. The van der Waals surface area contributed by atoms with E-state index in [1.54, 1.807) is 6.92 Å². The zero-order chi connectivity index (χ0) is 18.4. The molecule has 0 atom stereocenters. The molecule has 1 aliphatic heterocycles. The summed E-state index contributed by atoms with van der Waals surface area (Å²) in [5, 5.41) is 8.96. The zero-order valence-corrected chi connectivity index (χ0v) is 14.8. The quantitative estimate of drug-likeness (QED) is 0.816. The topological polar surface area (TPSA) is 100 Å². The van der Waals surface area contributed by atoms with Crippen LogP contribution in [0.25, 0.3) is 0 Å². The van der Waals surface area contributed by atoms with Gasteiger partial charge >= 0.3 is 0 Å². The molecule has 0 saturated carbocycles. The van der Waals surface area contributed by atoms with Crippen molar-refractivity contribution < 1.29 is 14.1 Å². The van der Waals surface area contributed by atoms with Crippen molar-refractivity contribution >= 4 is 23.2 Å². The van der Waals surface area contributed by atoms with Crippen LogP contribution in [-0.2, 0) is 16.0 Å². The average Bonchev–Trinajstić information content (AvgIpc) is 3.06. The van der Waals surface area contributed by atoms with Crippen molar-refractivity contribution in [3.63, 3.8) is 0 Å². The second kappa shape index (κ2) is 8.46. The zero-order valence-electron chi connectivity index (χ0n) is 14.8. The second-order valence-corrected chi connectivity index (χ2v) is 6.33. The van der Waals surface area contributed by atoms with E-state index in [0.29, 0.717) is 17.4 Å². The van der Waals surface area contributed by atoms with Crippen molar-refractivity contribution in [3.8, 4) is 0 Å². The highest BCUT2D eigenvalue weighted by Crippen LogP contribution is 2.21. The maximum Gasteiger partial charge on any atom is 0.243 e. The van der Waals surface area contributed by atoms with Crippen molar-refractivity contribution in [2.45, 2.75) is 32.6 Å². The minimum Gasteiger partial charge on any atom is -0.372 e. The molecule has 1 fully saturated rings. The molecule has 1 aromatic carbocycles. The second-order valence-electron chi connectivity index (χ2n) is 6.33. The Balaban J connectivity index is 1.43. The van der Waals surface area contributed by atoms with E-state index < -0.39 is 0 Å². The number of carbonyl (C=O) groups excluding carboxylic acids is 2. The molecule has 3 rings (SSSR count). The van der Waals surface area contributed by atoms with Crippen LogP contribution in [-0.4, -0.2) is 41.6 Å². The van der Waals surface area contributed by atoms with Gasteiger partial charge in [-0.05, 0) is 43.5 Å². The van der Waals surface area contributed by atoms with Gasteiger partial charge in [-0.25, -0.2) is 0 Å². The summed E-state index contributed by atoms with van der Waals surface area (Å²) in [5.41, 5.74) is 1.88. The van der Waals surface area contributed by atoms with Crippen molar-refractivity contribution in [2.75, 3.05) is 29.9 Å². The number of amides is 2. The maximum atomic E-state index is 12.0. The van der Waals surface area contributed by atoms with E-state index in [0.717, 1.165) is 13.1 Å². The maximum absolute atomic E-state index is 12.0. The summed E-state index contributed by atoms with van der Waals surface area (Å²) < 4.78 is 4.80. The summed E-state index contributed by atoms with van der Waals surface area (Å²) in [4.78, 5) is 30.1. The van der Waals surface area contributed by atoms with E-state index in [4.69, 9.17) is 4.52 Å². The highest BCUT2D eigenvalue weighted by molar-refractivity contribution is 5.94. The molecule has 0 aliphatic carbocycles. The molecule has 26 heavy (non-hydrogen) atoms. The monoisotopic (exact) mass is 357 g/mol. The molecular formula is C18H23N5O3. The lowest BCUT2D eigenvalue weighted by Crippen LogP contribution is -2.34. The predicted octanol–water partition coefficient (Wildman–Crippen LogP) is 1.67. The van der Waals surface area contributed by atoms with Crippen LogP contribution in [0.1, 0.15) is 31.0 Å².